The van der Waals surface area contributed by atoms with Gasteiger partial charge in [-0.05, 0) is 65.6 Å². The van der Waals surface area contributed by atoms with Crippen LogP contribution in [0.15, 0.2) is 18.2 Å². The summed E-state index contributed by atoms with van der Waals surface area (Å²) in [6, 6.07) is 6.14. The van der Waals surface area contributed by atoms with Gasteiger partial charge in [-0.2, -0.15) is 11.8 Å². The van der Waals surface area contributed by atoms with E-state index >= 15 is 0 Å². The predicted octanol–water partition coefficient (Wildman–Crippen LogP) is 4.21. The average molecular weight is 364 g/mol. The lowest BCUT2D eigenvalue weighted by atomic mass is 10.2. The highest BCUT2D eigenvalue weighted by molar-refractivity contribution is 14.1. The van der Waals surface area contributed by atoms with Crippen molar-refractivity contribution >= 4 is 45.7 Å². The number of anilines is 2. The van der Waals surface area contributed by atoms with Crippen molar-refractivity contribution in [3.8, 4) is 0 Å². The van der Waals surface area contributed by atoms with E-state index in [9.17, 15) is 0 Å². The quantitative estimate of drug-likeness (QED) is 0.412. The van der Waals surface area contributed by atoms with Gasteiger partial charge in [0, 0.05) is 10.1 Å². The molecule has 0 saturated heterocycles. The number of unbranched alkanes of at least 4 members (excludes halogenated alkanes) is 3. The Balaban J connectivity index is 2.14. The number of nitrogens with two attached hydrogens (primary N) is 1. The smallest absolute Gasteiger partial charge is 0.0574 e. The highest BCUT2D eigenvalue weighted by Crippen LogP contribution is 2.20. The summed E-state index contributed by atoms with van der Waals surface area (Å²) in [5.41, 5.74) is 7.84. The van der Waals surface area contributed by atoms with Crippen LogP contribution < -0.4 is 11.1 Å². The Kier molecular flexibility index (Phi) is 7.84. The van der Waals surface area contributed by atoms with E-state index in [1.165, 1.54) is 35.0 Å². The van der Waals surface area contributed by atoms with Gasteiger partial charge in [-0.1, -0.05) is 12.8 Å². The highest BCUT2D eigenvalue weighted by Gasteiger charge is 1.98. The van der Waals surface area contributed by atoms with Gasteiger partial charge >= 0.3 is 0 Å². The third-order valence-electron chi connectivity index (χ3n) is 2.60. The Bertz CT molecular complexity index is 331. The van der Waals surface area contributed by atoms with Gasteiger partial charge in [-0.25, -0.2) is 0 Å². The third-order valence-corrected chi connectivity index (χ3v) is 3.97. The zero-order valence-corrected chi connectivity index (χ0v) is 13.3. The summed E-state index contributed by atoms with van der Waals surface area (Å²) in [5.74, 6) is 1.29. The number of hydrogen-bond acceptors (Lipinski definition) is 3. The molecule has 1 rings (SSSR count). The van der Waals surface area contributed by atoms with Crippen LogP contribution in [-0.4, -0.2) is 18.6 Å². The Morgan fingerprint density at radius 3 is 2.71 bits per heavy atom. The monoisotopic (exact) mass is 364 g/mol. The van der Waals surface area contributed by atoms with Crippen LogP contribution in [0.1, 0.15) is 25.7 Å². The average Bonchev–Trinajstić information content (AvgIpc) is 2.30. The van der Waals surface area contributed by atoms with Gasteiger partial charge < -0.3 is 11.1 Å². The standard InChI is InChI=1S/C13H21IN2S/c1-17-9-5-3-2-4-8-16-13-7-6-11(14)10-12(13)15/h6-7,10,16H,2-5,8-9,15H2,1H3. The Morgan fingerprint density at radius 2 is 2.00 bits per heavy atom. The zero-order chi connectivity index (χ0) is 12.5. The predicted molar refractivity (Wildman–Crippen MR) is 88.9 cm³/mol. The lowest BCUT2D eigenvalue weighted by Crippen LogP contribution is -2.04. The molecule has 0 atom stereocenters. The fourth-order valence-electron chi connectivity index (χ4n) is 1.64. The van der Waals surface area contributed by atoms with E-state index in [1.807, 2.05) is 17.8 Å². The van der Waals surface area contributed by atoms with Gasteiger partial charge in [0.1, 0.15) is 0 Å². The fraction of sp³-hybridized carbons (Fsp3) is 0.538. The molecular weight excluding hydrogens is 343 g/mol. The molecule has 0 amide bonds. The molecule has 0 unspecified atom stereocenters. The molecule has 0 aliphatic rings. The first kappa shape index (κ1) is 15.0. The van der Waals surface area contributed by atoms with Crippen molar-refractivity contribution in [2.24, 2.45) is 0 Å². The molecular formula is C13H21IN2S. The molecule has 0 bridgehead atoms. The topological polar surface area (TPSA) is 38.0 Å². The SMILES string of the molecule is CSCCCCCCNc1ccc(I)cc1N. The molecule has 2 nitrogen and oxygen atoms in total. The molecule has 4 heteroatoms. The van der Waals surface area contributed by atoms with Crippen molar-refractivity contribution in [2.45, 2.75) is 25.7 Å². The molecule has 0 radical (unpaired) electrons. The lowest BCUT2D eigenvalue weighted by Gasteiger charge is -2.09. The summed E-state index contributed by atoms with van der Waals surface area (Å²) in [4.78, 5) is 0. The molecule has 96 valence electrons. The molecule has 0 aliphatic heterocycles. The van der Waals surface area contributed by atoms with Crippen molar-refractivity contribution < 1.29 is 0 Å². The summed E-state index contributed by atoms with van der Waals surface area (Å²) in [5, 5.41) is 3.40. The highest BCUT2D eigenvalue weighted by atomic mass is 127. The number of rotatable bonds is 8. The minimum absolute atomic E-state index is 0.847. The minimum atomic E-state index is 0.847. The molecule has 0 aromatic heterocycles. The molecule has 1 aromatic rings. The number of nitrogen functional groups attached to an aromatic ring is 1. The van der Waals surface area contributed by atoms with Gasteiger partial charge in [0.25, 0.3) is 0 Å². The zero-order valence-electron chi connectivity index (χ0n) is 10.3. The van der Waals surface area contributed by atoms with Crippen molar-refractivity contribution in [1.29, 1.82) is 0 Å². The lowest BCUT2D eigenvalue weighted by molar-refractivity contribution is 0.689. The van der Waals surface area contributed by atoms with Crippen molar-refractivity contribution in [3.05, 3.63) is 21.8 Å². The van der Waals surface area contributed by atoms with E-state index in [0.717, 1.165) is 17.9 Å². The summed E-state index contributed by atoms with van der Waals surface area (Å²) in [6.45, 7) is 1.02. The summed E-state index contributed by atoms with van der Waals surface area (Å²) in [6.07, 6.45) is 7.37. The second-order valence-corrected chi connectivity index (χ2v) is 6.30. The normalized spacial score (nSPS) is 10.5. The number of halogens is 1. The van der Waals surface area contributed by atoms with E-state index in [-0.39, 0.29) is 0 Å². The summed E-state index contributed by atoms with van der Waals surface area (Å²) < 4.78 is 1.18. The fourth-order valence-corrected chi connectivity index (χ4v) is 2.65. The Labute approximate surface area is 122 Å². The molecule has 0 heterocycles. The van der Waals surface area contributed by atoms with Gasteiger partial charge in [-0.3, -0.25) is 0 Å². The van der Waals surface area contributed by atoms with Crippen LogP contribution in [0.4, 0.5) is 11.4 Å². The molecule has 3 N–H and O–H groups in total. The van der Waals surface area contributed by atoms with Crippen LogP contribution in [0.3, 0.4) is 0 Å². The Morgan fingerprint density at radius 1 is 1.24 bits per heavy atom. The van der Waals surface area contributed by atoms with Crippen molar-refractivity contribution in [2.75, 3.05) is 29.6 Å². The van der Waals surface area contributed by atoms with Gasteiger partial charge in [0.2, 0.25) is 0 Å². The summed E-state index contributed by atoms with van der Waals surface area (Å²) >= 11 is 4.21. The molecule has 1 aromatic carbocycles. The van der Waals surface area contributed by atoms with E-state index in [1.54, 1.807) is 0 Å². The second-order valence-electron chi connectivity index (χ2n) is 4.07. The van der Waals surface area contributed by atoms with Crippen LogP contribution in [0.25, 0.3) is 0 Å². The van der Waals surface area contributed by atoms with Crippen LogP contribution in [-0.2, 0) is 0 Å². The first-order chi connectivity index (χ1) is 8.24. The molecule has 0 saturated carbocycles. The number of benzene rings is 1. The number of nitrogens with one attached hydrogen (secondary N) is 1. The number of hydrogen-bond donors (Lipinski definition) is 2. The van der Waals surface area contributed by atoms with Crippen LogP contribution in [0.5, 0.6) is 0 Å². The van der Waals surface area contributed by atoms with Crippen LogP contribution in [0.2, 0.25) is 0 Å². The van der Waals surface area contributed by atoms with Gasteiger partial charge in [0.15, 0.2) is 0 Å². The van der Waals surface area contributed by atoms with E-state index in [0.29, 0.717) is 0 Å². The molecule has 0 fully saturated rings. The minimum Gasteiger partial charge on any atom is -0.397 e. The summed E-state index contributed by atoms with van der Waals surface area (Å²) in [7, 11) is 0. The number of thioether (sulfide) groups is 1. The first-order valence-corrected chi connectivity index (χ1v) is 8.49. The third kappa shape index (κ3) is 6.41. The molecule has 17 heavy (non-hydrogen) atoms. The maximum Gasteiger partial charge on any atom is 0.0574 e. The van der Waals surface area contributed by atoms with Gasteiger partial charge in [0.05, 0.1) is 11.4 Å². The maximum atomic E-state index is 5.93. The Hall–Kier alpha value is -0.100. The second kappa shape index (κ2) is 8.91. The van der Waals surface area contributed by atoms with Crippen molar-refractivity contribution in [3.63, 3.8) is 0 Å². The van der Waals surface area contributed by atoms with E-state index in [4.69, 9.17) is 5.73 Å². The van der Waals surface area contributed by atoms with Crippen molar-refractivity contribution in [1.82, 2.24) is 0 Å². The molecule has 0 aliphatic carbocycles. The first-order valence-electron chi connectivity index (χ1n) is 6.02. The maximum absolute atomic E-state index is 5.93. The van der Waals surface area contributed by atoms with E-state index in [2.05, 4.69) is 46.3 Å². The van der Waals surface area contributed by atoms with E-state index < -0.39 is 0 Å². The molecule has 0 spiro atoms. The van der Waals surface area contributed by atoms with Crippen LogP contribution in [0, 0.1) is 3.57 Å². The van der Waals surface area contributed by atoms with Crippen LogP contribution >= 0.6 is 34.4 Å². The largest absolute Gasteiger partial charge is 0.397 e. The van der Waals surface area contributed by atoms with Gasteiger partial charge in [-0.15, -0.1) is 0 Å².